The zero-order valence-electron chi connectivity index (χ0n) is 17.5. The van der Waals surface area contributed by atoms with Crippen LogP contribution in [0.15, 0.2) is 45.6 Å². The van der Waals surface area contributed by atoms with Crippen LogP contribution in [0.5, 0.6) is 11.5 Å². The number of phenols is 1. The maximum atomic E-state index is 13.0. The lowest BCUT2D eigenvalue weighted by atomic mass is 9.85. The summed E-state index contributed by atoms with van der Waals surface area (Å²) in [5.74, 6) is -0.788. The number of ether oxygens (including phenoxy) is 2. The maximum Gasteiger partial charge on any atom is 0.513 e. The number of likely N-dealkylation sites (N-methyl/N-ethyl adjacent to an activating group) is 1. The molecule has 1 aliphatic heterocycles. The Kier molecular flexibility index (Phi) is 6.10. The van der Waals surface area contributed by atoms with Crippen molar-refractivity contribution in [1.29, 1.82) is 0 Å². The van der Waals surface area contributed by atoms with E-state index in [0.29, 0.717) is 35.7 Å². The molecule has 8 nitrogen and oxygen atoms in total. The lowest BCUT2D eigenvalue weighted by Gasteiger charge is -2.34. The Hall–Kier alpha value is -3.07. The highest BCUT2D eigenvalue weighted by Gasteiger charge is 2.34. The number of β-amino-alcohol motifs (C(OH)–C–C–N with tert-alkyl or cyclic N) is 1. The summed E-state index contributed by atoms with van der Waals surface area (Å²) in [5, 5.41) is 21.7. The second-order valence-corrected chi connectivity index (χ2v) is 8.15. The van der Waals surface area contributed by atoms with Gasteiger partial charge in [-0.3, -0.25) is 4.79 Å². The SMILES string of the molecule is COC(=O)Oc1cc(O)c2c(=O)cc(-c3ccccc3Cl)oc2c1[C@H]1CCN(C)C[C@H]1O. The fraction of sp³-hybridized carbons (Fsp3) is 0.304. The Bertz CT molecular complexity index is 1240. The fourth-order valence-corrected chi connectivity index (χ4v) is 4.33. The van der Waals surface area contributed by atoms with Crippen LogP contribution in [0, 0.1) is 0 Å². The van der Waals surface area contributed by atoms with Gasteiger partial charge in [0.2, 0.25) is 0 Å². The number of benzene rings is 2. The second-order valence-electron chi connectivity index (χ2n) is 7.75. The number of carbonyl (C=O) groups excluding carboxylic acids is 1. The first-order valence-corrected chi connectivity index (χ1v) is 10.4. The predicted molar refractivity (Wildman–Crippen MR) is 118 cm³/mol. The molecule has 2 atom stereocenters. The molecule has 0 saturated carbocycles. The number of phenolic OH excluding ortho intramolecular Hbond substituents is 1. The molecule has 0 aliphatic carbocycles. The van der Waals surface area contributed by atoms with Crippen LogP contribution in [0.1, 0.15) is 17.9 Å². The van der Waals surface area contributed by atoms with Crippen LogP contribution in [0.3, 0.4) is 0 Å². The molecule has 2 N–H and O–H groups in total. The van der Waals surface area contributed by atoms with Gasteiger partial charge in [0.25, 0.3) is 0 Å². The van der Waals surface area contributed by atoms with Gasteiger partial charge in [0.1, 0.15) is 28.2 Å². The summed E-state index contributed by atoms with van der Waals surface area (Å²) in [6.45, 7) is 1.04. The normalized spacial score (nSPS) is 19.1. The first-order valence-electron chi connectivity index (χ1n) is 10.0. The van der Waals surface area contributed by atoms with E-state index in [0.717, 1.165) is 7.11 Å². The predicted octanol–water partition coefficient (Wildman–Crippen LogP) is 3.74. The Labute approximate surface area is 188 Å². The first kappa shape index (κ1) is 22.1. The Balaban J connectivity index is 2.02. The number of piperidine rings is 1. The van der Waals surface area contributed by atoms with Gasteiger partial charge >= 0.3 is 6.16 Å². The quantitative estimate of drug-likeness (QED) is 0.450. The highest BCUT2D eigenvalue weighted by Crippen LogP contribution is 2.43. The van der Waals surface area contributed by atoms with E-state index in [2.05, 4.69) is 4.74 Å². The zero-order valence-corrected chi connectivity index (χ0v) is 18.3. The molecule has 0 unspecified atom stereocenters. The van der Waals surface area contributed by atoms with Crippen molar-refractivity contribution in [2.24, 2.45) is 0 Å². The molecule has 0 amide bonds. The number of hydrogen-bond donors (Lipinski definition) is 2. The fourth-order valence-electron chi connectivity index (χ4n) is 4.10. The van der Waals surface area contributed by atoms with Gasteiger partial charge in [-0.2, -0.15) is 0 Å². The third kappa shape index (κ3) is 4.04. The number of halogens is 1. The lowest BCUT2D eigenvalue weighted by molar-refractivity contribution is 0.0623. The van der Waals surface area contributed by atoms with Crippen molar-refractivity contribution in [3.63, 3.8) is 0 Å². The van der Waals surface area contributed by atoms with E-state index < -0.39 is 29.4 Å². The molecule has 1 saturated heterocycles. The van der Waals surface area contributed by atoms with E-state index in [4.69, 9.17) is 20.8 Å². The number of likely N-dealkylation sites (tertiary alicyclic amines) is 1. The third-order valence-electron chi connectivity index (χ3n) is 5.64. The summed E-state index contributed by atoms with van der Waals surface area (Å²) in [7, 11) is 3.04. The number of carbonyl (C=O) groups is 1. The summed E-state index contributed by atoms with van der Waals surface area (Å²) in [5.41, 5.74) is 0.337. The molecule has 2 aromatic carbocycles. The first-order chi connectivity index (χ1) is 15.3. The molecule has 1 fully saturated rings. The summed E-state index contributed by atoms with van der Waals surface area (Å²) < 4.78 is 16.0. The molecule has 3 aromatic rings. The Morgan fingerprint density at radius 3 is 2.72 bits per heavy atom. The third-order valence-corrected chi connectivity index (χ3v) is 5.97. The number of rotatable bonds is 3. The van der Waals surface area contributed by atoms with E-state index >= 15 is 0 Å². The number of nitrogens with zero attached hydrogens (tertiary/aromatic N) is 1. The highest BCUT2D eigenvalue weighted by molar-refractivity contribution is 6.33. The molecule has 1 aromatic heterocycles. The van der Waals surface area contributed by atoms with E-state index in [9.17, 15) is 19.8 Å². The lowest BCUT2D eigenvalue weighted by Crippen LogP contribution is -2.40. The van der Waals surface area contributed by atoms with Crippen molar-refractivity contribution in [1.82, 2.24) is 4.90 Å². The van der Waals surface area contributed by atoms with Crippen LogP contribution in [-0.2, 0) is 4.74 Å². The summed E-state index contributed by atoms with van der Waals surface area (Å²) in [4.78, 5) is 26.9. The number of aliphatic hydroxyl groups excluding tert-OH is 1. The number of methoxy groups -OCH3 is 1. The summed E-state index contributed by atoms with van der Waals surface area (Å²) in [6.07, 6.45) is -1.32. The van der Waals surface area contributed by atoms with Crippen molar-refractivity contribution in [2.75, 3.05) is 27.2 Å². The largest absolute Gasteiger partial charge is 0.513 e. The topological polar surface area (TPSA) is 109 Å². The molecule has 0 radical (unpaired) electrons. The van der Waals surface area contributed by atoms with Crippen LogP contribution < -0.4 is 10.2 Å². The monoisotopic (exact) mass is 459 g/mol. The Morgan fingerprint density at radius 1 is 1.28 bits per heavy atom. The standard InChI is InChI=1S/C23H22ClNO7/c1-25-8-7-13(17(28)11-25)20-19(32-23(29)30-2)10-16(27)21-15(26)9-18(31-22(20)21)12-5-3-4-6-14(12)24/h3-6,9-10,13,17,27-28H,7-8,11H2,1-2H3/t13-,17+/m0/s1. The molecular weight excluding hydrogens is 438 g/mol. The summed E-state index contributed by atoms with van der Waals surface area (Å²) >= 11 is 6.30. The Morgan fingerprint density at radius 2 is 2.03 bits per heavy atom. The average molecular weight is 460 g/mol. The van der Waals surface area contributed by atoms with Gasteiger partial charge in [0, 0.05) is 35.7 Å². The molecule has 0 spiro atoms. The molecule has 9 heteroatoms. The van der Waals surface area contributed by atoms with Gasteiger partial charge < -0.3 is 29.0 Å². The maximum absolute atomic E-state index is 13.0. The number of aromatic hydroxyl groups is 1. The zero-order chi connectivity index (χ0) is 23.0. The molecule has 0 bridgehead atoms. The number of fused-ring (bicyclic) bond motifs is 1. The van der Waals surface area contributed by atoms with Gasteiger partial charge in [-0.15, -0.1) is 0 Å². The number of aliphatic hydroxyl groups is 1. The van der Waals surface area contributed by atoms with Crippen molar-refractivity contribution in [3.05, 3.63) is 57.2 Å². The van der Waals surface area contributed by atoms with Crippen LogP contribution >= 0.6 is 11.6 Å². The van der Waals surface area contributed by atoms with Crippen molar-refractivity contribution in [2.45, 2.75) is 18.4 Å². The molecule has 168 valence electrons. The van der Waals surface area contributed by atoms with Crippen LogP contribution in [0.2, 0.25) is 5.02 Å². The number of hydrogen-bond acceptors (Lipinski definition) is 8. The van der Waals surface area contributed by atoms with Crippen molar-refractivity contribution >= 4 is 28.7 Å². The van der Waals surface area contributed by atoms with Gasteiger partial charge in [-0.05, 0) is 32.1 Å². The van der Waals surface area contributed by atoms with Crippen LogP contribution in [0.4, 0.5) is 4.79 Å². The van der Waals surface area contributed by atoms with E-state index in [1.807, 2.05) is 11.9 Å². The van der Waals surface area contributed by atoms with E-state index in [-0.39, 0.29) is 22.5 Å². The molecule has 1 aliphatic rings. The molecule has 4 rings (SSSR count). The van der Waals surface area contributed by atoms with Crippen molar-refractivity contribution < 1.29 is 28.9 Å². The van der Waals surface area contributed by atoms with Gasteiger partial charge in [-0.1, -0.05) is 23.7 Å². The van der Waals surface area contributed by atoms with Gasteiger partial charge in [0.15, 0.2) is 5.43 Å². The van der Waals surface area contributed by atoms with Crippen LogP contribution in [-0.4, -0.2) is 54.6 Å². The minimum atomic E-state index is -1.00. The molecular formula is C23H22ClNO7. The van der Waals surface area contributed by atoms with Crippen molar-refractivity contribution in [3.8, 4) is 22.8 Å². The molecule has 2 heterocycles. The summed E-state index contributed by atoms with van der Waals surface area (Å²) in [6, 6.07) is 9.29. The average Bonchev–Trinajstić information content (AvgIpc) is 2.74. The molecule has 32 heavy (non-hydrogen) atoms. The smallest absolute Gasteiger partial charge is 0.507 e. The van der Waals surface area contributed by atoms with Crippen LogP contribution in [0.25, 0.3) is 22.3 Å². The second kappa shape index (κ2) is 8.82. The van der Waals surface area contributed by atoms with E-state index in [1.165, 1.54) is 12.1 Å². The van der Waals surface area contributed by atoms with Gasteiger partial charge in [0.05, 0.1) is 18.2 Å². The van der Waals surface area contributed by atoms with Gasteiger partial charge in [-0.25, -0.2) is 4.79 Å². The minimum absolute atomic E-state index is 0.0277. The van der Waals surface area contributed by atoms with E-state index in [1.54, 1.807) is 24.3 Å². The minimum Gasteiger partial charge on any atom is -0.507 e. The highest BCUT2D eigenvalue weighted by atomic mass is 35.5.